The van der Waals surface area contributed by atoms with Crippen LogP contribution in [0.25, 0.3) is 0 Å². The standard InChI is InChI=1S/C21H29N5O3/c1-29-16-15-26-20(27)8-7-19(23-26)21(28)22-9-10-24-11-13-25(14-12-24)17-18-5-3-2-4-6-18/h2-8H,9-17H2,1H3,(H,22,28). The molecule has 29 heavy (non-hydrogen) atoms. The van der Waals surface area contributed by atoms with Gasteiger partial charge in [-0.05, 0) is 11.6 Å². The lowest BCUT2D eigenvalue weighted by atomic mass is 10.2. The van der Waals surface area contributed by atoms with Crippen molar-refractivity contribution in [2.24, 2.45) is 0 Å². The average molecular weight is 399 g/mol. The lowest BCUT2D eigenvalue weighted by Gasteiger charge is -2.34. The van der Waals surface area contributed by atoms with E-state index in [-0.39, 0.29) is 17.2 Å². The van der Waals surface area contributed by atoms with Crippen LogP contribution in [-0.2, 0) is 17.8 Å². The highest BCUT2D eigenvalue weighted by Crippen LogP contribution is 2.08. The molecule has 0 radical (unpaired) electrons. The number of piperazine rings is 1. The van der Waals surface area contributed by atoms with Gasteiger partial charge in [0.05, 0.1) is 13.2 Å². The second kappa shape index (κ2) is 10.8. The second-order valence-corrected chi connectivity index (χ2v) is 7.13. The smallest absolute Gasteiger partial charge is 0.271 e. The van der Waals surface area contributed by atoms with Crippen molar-refractivity contribution in [1.82, 2.24) is 24.9 Å². The van der Waals surface area contributed by atoms with E-state index in [1.54, 1.807) is 7.11 Å². The molecule has 2 aromatic rings. The van der Waals surface area contributed by atoms with Gasteiger partial charge in [0.2, 0.25) is 0 Å². The Morgan fingerprint density at radius 3 is 2.48 bits per heavy atom. The number of rotatable bonds is 9. The van der Waals surface area contributed by atoms with E-state index >= 15 is 0 Å². The van der Waals surface area contributed by atoms with E-state index in [4.69, 9.17) is 4.74 Å². The van der Waals surface area contributed by atoms with Crippen molar-refractivity contribution in [2.45, 2.75) is 13.1 Å². The van der Waals surface area contributed by atoms with E-state index in [1.807, 2.05) is 6.07 Å². The fourth-order valence-corrected chi connectivity index (χ4v) is 3.34. The van der Waals surface area contributed by atoms with E-state index in [2.05, 4.69) is 44.5 Å². The zero-order valence-electron chi connectivity index (χ0n) is 16.9. The van der Waals surface area contributed by atoms with Gasteiger partial charge in [0, 0.05) is 59.0 Å². The quantitative estimate of drug-likeness (QED) is 0.659. The van der Waals surface area contributed by atoms with E-state index in [0.717, 1.165) is 39.3 Å². The minimum atomic E-state index is -0.265. The second-order valence-electron chi connectivity index (χ2n) is 7.13. The van der Waals surface area contributed by atoms with Crippen LogP contribution in [0, 0.1) is 0 Å². The van der Waals surface area contributed by atoms with E-state index < -0.39 is 0 Å². The predicted molar refractivity (Wildman–Crippen MR) is 111 cm³/mol. The highest BCUT2D eigenvalue weighted by Gasteiger charge is 2.17. The number of hydrogen-bond acceptors (Lipinski definition) is 6. The number of methoxy groups -OCH3 is 1. The molecule has 2 heterocycles. The fraction of sp³-hybridized carbons (Fsp3) is 0.476. The summed E-state index contributed by atoms with van der Waals surface area (Å²) in [7, 11) is 1.56. The summed E-state index contributed by atoms with van der Waals surface area (Å²) in [5.41, 5.74) is 1.34. The fourth-order valence-electron chi connectivity index (χ4n) is 3.34. The third-order valence-corrected chi connectivity index (χ3v) is 5.03. The first kappa shape index (κ1) is 21.2. The molecular formula is C21H29N5O3. The summed E-state index contributed by atoms with van der Waals surface area (Å²) in [4.78, 5) is 28.9. The van der Waals surface area contributed by atoms with Gasteiger partial charge < -0.3 is 10.1 Å². The third-order valence-electron chi connectivity index (χ3n) is 5.03. The molecule has 3 rings (SSSR count). The van der Waals surface area contributed by atoms with Crippen molar-refractivity contribution in [3.63, 3.8) is 0 Å². The van der Waals surface area contributed by atoms with Crippen LogP contribution in [0.5, 0.6) is 0 Å². The summed E-state index contributed by atoms with van der Waals surface area (Å²) in [6.45, 7) is 7.05. The van der Waals surface area contributed by atoms with Crippen LogP contribution >= 0.6 is 0 Å². The number of amides is 1. The first-order valence-corrected chi connectivity index (χ1v) is 9.99. The van der Waals surface area contributed by atoms with Gasteiger partial charge in [-0.15, -0.1) is 0 Å². The van der Waals surface area contributed by atoms with Gasteiger partial charge in [-0.25, -0.2) is 4.68 Å². The van der Waals surface area contributed by atoms with Crippen LogP contribution in [0.3, 0.4) is 0 Å². The molecule has 1 saturated heterocycles. The van der Waals surface area contributed by atoms with E-state index in [1.165, 1.54) is 22.4 Å². The SMILES string of the molecule is COCCn1nc(C(=O)NCCN2CCN(Cc3ccccc3)CC2)ccc1=O. The number of nitrogens with zero attached hydrogens (tertiary/aromatic N) is 4. The third kappa shape index (κ3) is 6.49. The Morgan fingerprint density at radius 1 is 1.03 bits per heavy atom. The maximum Gasteiger partial charge on any atom is 0.271 e. The van der Waals surface area contributed by atoms with E-state index in [9.17, 15) is 9.59 Å². The van der Waals surface area contributed by atoms with Crippen LogP contribution in [0.1, 0.15) is 16.1 Å². The number of hydrogen-bond donors (Lipinski definition) is 1. The Balaban J connectivity index is 1.39. The van der Waals surface area contributed by atoms with Gasteiger partial charge in [0.15, 0.2) is 0 Å². The molecule has 1 aromatic carbocycles. The Hall–Kier alpha value is -2.55. The number of nitrogens with one attached hydrogen (secondary N) is 1. The van der Waals surface area contributed by atoms with Crippen LogP contribution in [0.4, 0.5) is 0 Å². The Labute approximate surface area is 171 Å². The zero-order chi connectivity index (χ0) is 20.5. The molecule has 0 spiro atoms. The van der Waals surface area contributed by atoms with Crippen molar-refractivity contribution in [3.05, 3.63) is 64.1 Å². The van der Waals surface area contributed by atoms with Gasteiger partial charge >= 0.3 is 0 Å². The van der Waals surface area contributed by atoms with Crippen LogP contribution < -0.4 is 10.9 Å². The van der Waals surface area contributed by atoms with Gasteiger partial charge in [0.1, 0.15) is 5.69 Å². The summed E-state index contributed by atoms with van der Waals surface area (Å²) >= 11 is 0. The van der Waals surface area contributed by atoms with Crippen LogP contribution in [0.2, 0.25) is 0 Å². The highest BCUT2D eigenvalue weighted by atomic mass is 16.5. The topological polar surface area (TPSA) is 79.7 Å². The van der Waals surface area contributed by atoms with Gasteiger partial charge in [-0.3, -0.25) is 19.4 Å². The van der Waals surface area contributed by atoms with Gasteiger partial charge in [-0.2, -0.15) is 5.10 Å². The van der Waals surface area contributed by atoms with Crippen LogP contribution in [0.15, 0.2) is 47.3 Å². The average Bonchev–Trinajstić information content (AvgIpc) is 2.75. The highest BCUT2D eigenvalue weighted by molar-refractivity contribution is 5.91. The minimum absolute atomic E-state index is 0.244. The summed E-state index contributed by atoms with van der Waals surface area (Å²) in [5.74, 6) is -0.265. The van der Waals surface area contributed by atoms with Crippen molar-refractivity contribution in [2.75, 3.05) is 53.0 Å². The number of carbonyl (C=O) groups excluding carboxylic acids is 1. The van der Waals surface area contributed by atoms with Crippen molar-refractivity contribution in [1.29, 1.82) is 0 Å². The number of aromatic nitrogens is 2. The molecule has 1 N–H and O–H groups in total. The molecular weight excluding hydrogens is 370 g/mol. The van der Waals surface area contributed by atoms with Crippen molar-refractivity contribution < 1.29 is 9.53 Å². The van der Waals surface area contributed by atoms with Gasteiger partial charge in [-0.1, -0.05) is 30.3 Å². The number of ether oxygens (including phenoxy) is 1. The van der Waals surface area contributed by atoms with Crippen LogP contribution in [-0.4, -0.2) is 78.5 Å². The zero-order valence-corrected chi connectivity index (χ0v) is 16.9. The molecule has 1 aliphatic heterocycles. The first-order chi connectivity index (χ1) is 14.2. The monoisotopic (exact) mass is 399 g/mol. The number of carbonyl (C=O) groups is 1. The summed E-state index contributed by atoms with van der Waals surface area (Å²) in [6, 6.07) is 13.3. The first-order valence-electron chi connectivity index (χ1n) is 9.99. The largest absolute Gasteiger partial charge is 0.383 e. The molecule has 0 aliphatic carbocycles. The lowest BCUT2D eigenvalue weighted by Crippen LogP contribution is -2.48. The summed E-state index contributed by atoms with van der Waals surface area (Å²) < 4.78 is 6.22. The molecule has 8 heteroatoms. The normalized spacial score (nSPS) is 15.3. The molecule has 0 unspecified atom stereocenters. The molecule has 1 fully saturated rings. The minimum Gasteiger partial charge on any atom is -0.383 e. The molecule has 8 nitrogen and oxygen atoms in total. The molecule has 1 aliphatic rings. The molecule has 1 aromatic heterocycles. The van der Waals surface area contributed by atoms with Gasteiger partial charge in [0.25, 0.3) is 11.5 Å². The Morgan fingerprint density at radius 2 is 1.76 bits per heavy atom. The molecule has 0 atom stereocenters. The lowest BCUT2D eigenvalue weighted by molar-refractivity contribution is 0.0925. The summed E-state index contributed by atoms with van der Waals surface area (Å²) in [6.07, 6.45) is 0. The maximum absolute atomic E-state index is 12.3. The maximum atomic E-state index is 12.3. The molecule has 1 amide bonds. The number of benzene rings is 1. The molecule has 0 saturated carbocycles. The summed E-state index contributed by atoms with van der Waals surface area (Å²) in [5, 5.41) is 7.01. The molecule has 0 bridgehead atoms. The van der Waals surface area contributed by atoms with E-state index in [0.29, 0.717) is 19.7 Å². The molecule has 156 valence electrons. The Kier molecular flexibility index (Phi) is 7.92. The van der Waals surface area contributed by atoms with Crippen molar-refractivity contribution >= 4 is 5.91 Å². The Bertz CT molecular complexity index is 832. The predicted octanol–water partition coefficient (Wildman–Crippen LogP) is 0.437. The van der Waals surface area contributed by atoms with Crippen molar-refractivity contribution in [3.8, 4) is 0 Å².